The second-order valence-corrected chi connectivity index (χ2v) is 6.91. The Labute approximate surface area is 181 Å². The molecule has 1 amide bonds. The Morgan fingerprint density at radius 2 is 1.33 bits per heavy atom. The fraction of sp³-hybridized carbons (Fsp3) is 0.364. The normalized spacial score (nSPS) is 13.7. The number of β-amino-alcohol motifs (C(OH)–C–C–N with tert-alkyl or cyclic N) is 1. The molecular formula is C22H27ClN2O5. The summed E-state index contributed by atoms with van der Waals surface area (Å²) < 4.78 is 9.84. The van der Waals surface area contributed by atoms with Gasteiger partial charge in [-0.2, -0.15) is 0 Å². The molecule has 1 saturated heterocycles. The van der Waals surface area contributed by atoms with E-state index in [9.17, 15) is 9.59 Å². The van der Waals surface area contributed by atoms with Crippen molar-refractivity contribution < 1.29 is 24.2 Å². The molecule has 8 heteroatoms. The summed E-state index contributed by atoms with van der Waals surface area (Å²) >= 11 is 4.97. The third-order valence-electron chi connectivity index (χ3n) is 4.45. The van der Waals surface area contributed by atoms with Crippen molar-refractivity contribution in [2.75, 3.05) is 39.3 Å². The van der Waals surface area contributed by atoms with Crippen molar-refractivity contribution in [2.45, 2.75) is 13.2 Å². The van der Waals surface area contributed by atoms with E-state index in [0.29, 0.717) is 26.2 Å². The molecule has 1 aliphatic rings. The van der Waals surface area contributed by atoms with E-state index in [1.165, 1.54) is 0 Å². The second kappa shape index (κ2) is 13.6. The number of piperazine rings is 1. The van der Waals surface area contributed by atoms with Crippen LogP contribution in [0.2, 0.25) is 0 Å². The third-order valence-corrected chi connectivity index (χ3v) is 4.56. The smallest absolute Gasteiger partial charge is 0.410 e. The number of amides is 1. The van der Waals surface area contributed by atoms with E-state index in [4.69, 9.17) is 21.4 Å². The molecule has 7 nitrogen and oxygen atoms in total. The van der Waals surface area contributed by atoms with Gasteiger partial charge in [-0.3, -0.25) is 4.90 Å². The predicted molar refractivity (Wildman–Crippen MR) is 114 cm³/mol. The van der Waals surface area contributed by atoms with E-state index in [0.717, 1.165) is 24.2 Å². The number of nitrogens with zero attached hydrogens (tertiary/aromatic N) is 2. The maximum Gasteiger partial charge on any atom is 0.410 e. The highest BCUT2D eigenvalue weighted by Crippen LogP contribution is 2.06. The number of halogens is 1. The lowest BCUT2D eigenvalue weighted by Gasteiger charge is -2.33. The van der Waals surface area contributed by atoms with Crippen molar-refractivity contribution in [3.05, 3.63) is 71.8 Å². The minimum absolute atomic E-state index is 0.165. The van der Waals surface area contributed by atoms with Crippen LogP contribution < -0.4 is 0 Å². The molecule has 1 fully saturated rings. The van der Waals surface area contributed by atoms with Crippen molar-refractivity contribution >= 4 is 23.1 Å². The Balaban J connectivity index is 0.000000248. The number of benzene rings is 2. The first-order chi connectivity index (χ1) is 14.6. The number of carbonyl (C=O) groups excluding carboxylic acids is 2. The van der Waals surface area contributed by atoms with Crippen LogP contribution in [0, 0.1) is 0 Å². The van der Waals surface area contributed by atoms with Crippen LogP contribution in [0.1, 0.15) is 11.1 Å². The van der Waals surface area contributed by atoms with E-state index >= 15 is 0 Å². The van der Waals surface area contributed by atoms with Gasteiger partial charge in [0.05, 0.1) is 6.61 Å². The molecule has 30 heavy (non-hydrogen) atoms. The zero-order valence-corrected chi connectivity index (χ0v) is 17.5. The number of hydrogen-bond donors (Lipinski definition) is 1. The molecule has 0 aliphatic carbocycles. The molecule has 1 aliphatic heterocycles. The SMILES string of the molecule is O=C(Cl)OCc1ccccc1.O=C(OCc1ccccc1)N1CCN(CCO)CC1. The van der Waals surface area contributed by atoms with Gasteiger partial charge in [-0.1, -0.05) is 60.7 Å². The van der Waals surface area contributed by atoms with Gasteiger partial charge in [0.2, 0.25) is 0 Å². The number of carbonyl (C=O) groups is 2. The maximum atomic E-state index is 11.9. The van der Waals surface area contributed by atoms with Crippen LogP contribution in [0.3, 0.4) is 0 Å². The molecule has 1 N–H and O–H groups in total. The summed E-state index contributed by atoms with van der Waals surface area (Å²) in [6.45, 7) is 4.30. The van der Waals surface area contributed by atoms with Crippen LogP contribution in [0.4, 0.5) is 9.59 Å². The lowest BCUT2D eigenvalue weighted by molar-refractivity contribution is 0.0674. The Morgan fingerprint density at radius 3 is 1.80 bits per heavy atom. The number of hydrogen-bond acceptors (Lipinski definition) is 6. The van der Waals surface area contributed by atoms with Crippen molar-refractivity contribution in [1.82, 2.24) is 9.80 Å². The van der Waals surface area contributed by atoms with E-state index in [-0.39, 0.29) is 19.3 Å². The van der Waals surface area contributed by atoms with Crippen LogP contribution in [-0.4, -0.2) is 65.8 Å². The fourth-order valence-electron chi connectivity index (χ4n) is 2.82. The first-order valence-electron chi connectivity index (χ1n) is 9.73. The monoisotopic (exact) mass is 434 g/mol. The first kappa shape index (κ1) is 23.7. The molecule has 2 aromatic carbocycles. The Kier molecular flexibility index (Phi) is 10.7. The Bertz CT molecular complexity index is 753. The van der Waals surface area contributed by atoms with Gasteiger partial charge in [0.15, 0.2) is 0 Å². The lowest BCUT2D eigenvalue weighted by Crippen LogP contribution is -2.49. The summed E-state index contributed by atoms with van der Waals surface area (Å²) in [6.07, 6.45) is -0.257. The zero-order chi connectivity index (χ0) is 21.6. The maximum absolute atomic E-state index is 11.9. The molecule has 162 valence electrons. The summed E-state index contributed by atoms with van der Waals surface area (Å²) in [6, 6.07) is 19.0. The van der Waals surface area contributed by atoms with Gasteiger partial charge < -0.3 is 19.5 Å². The molecule has 2 aromatic rings. The van der Waals surface area contributed by atoms with Gasteiger partial charge in [-0.15, -0.1) is 0 Å². The van der Waals surface area contributed by atoms with Crippen LogP contribution in [0.25, 0.3) is 0 Å². The average Bonchev–Trinajstić information content (AvgIpc) is 2.79. The highest BCUT2D eigenvalue weighted by Gasteiger charge is 2.21. The van der Waals surface area contributed by atoms with Gasteiger partial charge in [-0.05, 0) is 11.1 Å². The highest BCUT2D eigenvalue weighted by molar-refractivity contribution is 6.61. The van der Waals surface area contributed by atoms with Crippen LogP contribution in [-0.2, 0) is 22.7 Å². The standard InChI is InChI=1S/C14H20N2O3.C8H7ClO2/c17-11-10-15-6-8-16(9-7-15)14(18)19-12-13-4-2-1-3-5-13;9-8(10)11-6-7-4-2-1-3-5-7/h1-5,17H,6-12H2;1-5H,6H2. The van der Waals surface area contributed by atoms with Gasteiger partial charge >= 0.3 is 11.5 Å². The summed E-state index contributed by atoms with van der Waals surface area (Å²) in [5, 5.41) is 8.86. The molecule has 0 spiro atoms. The van der Waals surface area contributed by atoms with Crippen LogP contribution in [0.15, 0.2) is 60.7 Å². The molecule has 0 bridgehead atoms. The van der Waals surface area contributed by atoms with E-state index in [2.05, 4.69) is 9.64 Å². The van der Waals surface area contributed by atoms with E-state index in [1.807, 2.05) is 60.7 Å². The number of rotatable bonds is 6. The van der Waals surface area contributed by atoms with Crippen LogP contribution in [0.5, 0.6) is 0 Å². The topological polar surface area (TPSA) is 79.3 Å². The van der Waals surface area contributed by atoms with E-state index in [1.54, 1.807) is 4.90 Å². The summed E-state index contributed by atoms with van der Waals surface area (Å²) in [5.41, 5.74) is 1.16. The van der Waals surface area contributed by atoms with Crippen molar-refractivity contribution in [2.24, 2.45) is 0 Å². The molecule has 0 saturated carbocycles. The van der Waals surface area contributed by atoms with Crippen molar-refractivity contribution in [3.8, 4) is 0 Å². The molecule has 0 radical (unpaired) electrons. The third kappa shape index (κ3) is 9.26. The Morgan fingerprint density at radius 1 is 0.833 bits per heavy atom. The predicted octanol–water partition coefficient (Wildman–Crippen LogP) is 3.50. The zero-order valence-electron chi connectivity index (χ0n) is 16.8. The van der Waals surface area contributed by atoms with Gasteiger partial charge in [0.25, 0.3) is 0 Å². The van der Waals surface area contributed by atoms with Crippen molar-refractivity contribution in [3.63, 3.8) is 0 Å². The molecule has 1 heterocycles. The molecule has 0 atom stereocenters. The second-order valence-electron chi connectivity index (χ2n) is 6.60. The molecule has 3 rings (SSSR count). The number of ether oxygens (including phenoxy) is 2. The molecule has 0 aromatic heterocycles. The minimum atomic E-state index is -0.770. The number of aliphatic hydroxyl groups excluding tert-OH is 1. The lowest BCUT2D eigenvalue weighted by atomic mass is 10.2. The van der Waals surface area contributed by atoms with Crippen LogP contribution >= 0.6 is 11.6 Å². The first-order valence-corrected chi connectivity index (χ1v) is 10.1. The number of aliphatic hydroxyl groups is 1. The van der Waals surface area contributed by atoms with Gasteiger partial charge in [0, 0.05) is 44.3 Å². The highest BCUT2D eigenvalue weighted by atomic mass is 35.5. The average molecular weight is 435 g/mol. The molecular weight excluding hydrogens is 408 g/mol. The largest absolute Gasteiger partial charge is 0.449 e. The fourth-order valence-corrected chi connectivity index (χ4v) is 2.87. The van der Waals surface area contributed by atoms with Crippen molar-refractivity contribution in [1.29, 1.82) is 0 Å². The summed E-state index contributed by atoms with van der Waals surface area (Å²) in [7, 11) is 0. The molecule has 0 unspecified atom stereocenters. The van der Waals surface area contributed by atoms with Gasteiger partial charge in [-0.25, -0.2) is 9.59 Å². The van der Waals surface area contributed by atoms with E-state index < -0.39 is 5.43 Å². The van der Waals surface area contributed by atoms with Gasteiger partial charge in [0.1, 0.15) is 13.2 Å². The Hall–Kier alpha value is -2.61. The summed E-state index contributed by atoms with van der Waals surface area (Å²) in [4.78, 5) is 25.9. The quantitative estimate of drug-likeness (QED) is 0.701. The summed E-state index contributed by atoms with van der Waals surface area (Å²) in [5.74, 6) is 0. The minimum Gasteiger partial charge on any atom is -0.449 e.